The van der Waals surface area contributed by atoms with E-state index in [9.17, 15) is 25.5 Å². The Bertz CT molecular complexity index is 7840. The van der Waals surface area contributed by atoms with Crippen molar-refractivity contribution in [1.29, 1.82) is 0 Å². The minimum Gasteiger partial charge on any atom is -0.508 e. The summed E-state index contributed by atoms with van der Waals surface area (Å²) in [4.78, 5) is 4.84. The molecule has 0 bridgehead atoms. The molecule has 758 valence electrons. The molecule has 1 aliphatic rings. The highest BCUT2D eigenvalue weighted by Gasteiger charge is 2.45. The van der Waals surface area contributed by atoms with Gasteiger partial charge in [-0.2, -0.15) is 0 Å². The quantitative estimate of drug-likeness (QED) is 0.0262. The van der Waals surface area contributed by atoms with Crippen LogP contribution in [0.2, 0.25) is 0 Å². The van der Waals surface area contributed by atoms with Crippen LogP contribution in [0.4, 0.5) is 0 Å². The number of nitrogens with zero attached hydrogens (tertiary/aromatic N) is 2. The van der Waals surface area contributed by atoms with Crippen LogP contribution in [0.5, 0.6) is 28.7 Å². The maximum Gasteiger partial charge on any atom is 0.134 e. The first kappa shape index (κ1) is 109. The number of hydrogen-bond acceptors (Lipinski definition) is 11. The van der Waals surface area contributed by atoms with Crippen molar-refractivity contribution in [3.05, 3.63) is 579 Å². The number of likely N-dealkylation sites (tertiary alicyclic amines) is 1. The predicted molar refractivity (Wildman–Crippen MR) is 632 cm³/mol. The molecule has 22 rings (SSSR count). The van der Waals surface area contributed by atoms with Crippen LogP contribution in [0.1, 0.15) is 207 Å². The maximum absolute atomic E-state index is 12.4. The van der Waals surface area contributed by atoms with Crippen LogP contribution < -0.4 is 20.7 Å². The average molecular weight is 2040 g/mol. The van der Waals surface area contributed by atoms with Crippen molar-refractivity contribution >= 4 is 80.6 Å². The highest BCUT2D eigenvalue weighted by molar-refractivity contribution is 9.10. The topological polar surface area (TPSA) is 153 Å². The van der Waals surface area contributed by atoms with Crippen LogP contribution in [0, 0.1) is 0 Å². The Hall–Kier alpha value is -15.6. The van der Waals surface area contributed by atoms with Crippen molar-refractivity contribution in [3.63, 3.8) is 0 Å². The van der Waals surface area contributed by atoms with Gasteiger partial charge >= 0.3 is 0 Å². The van der Waals surface area contributed by atoms with Crippen molar-refractivity contribution in [2.45, 2.75) is 129 Å². The lowest BCUT2D eigenvalue weighted by Crippen LogP contribution is -2.47. The molecule has 4 unspecified atom stereocenters. The molecule has 1 saturated heterocycles. The number of phenolic OH excluding ortho intramolecular Hbond substituents is 4. The Morgan fingerprint density at radius 1 is 0.287 bits per heavy atom. The van der Waals surface area contributed by atoms with E-state index < -0.39 is 5.60 Å². The Balaban J connectivity index is 0.000000140. The van der Waals surface area contributed by atoms with Crippen molar-refractivity contribution in [1.82, 2.24) is 25.8 Å². The van der Waals surface area contributed by atoms with Gasteiger partial charge in [0.1, 0.15) is 34.3 Å². The van der Waals surface area contributed by atoms with Crippen LogP contribution in [0.15, 0.2) is 496 Å². The molecule has 1 heterocycles. The van der Waals surface area contributed by atoms with Gasteiger partial charge in [0, 0.05) is 56.5 Å². The average Bonchev–Trinajstić information content (AvgIpc) is 0.728. The second kappa shape index (κ2) is 51.8. The first-order valence-corrected chi connectivity index (χ1v) is 51.8. The molecule has 21 aromatic rings. The second-order valence-corrected chi connectivity index (χ2v) is 39.0. The number of para-hydroxylation sites is 1. The minimum atomic E-state index is -1.11. The van der Waals surface area contributed by atoms with Gasteiger partial charge in [-0.15, -0.1) is 0 Å². The lowest BCUT2D eigenvalue weighted by atomic mass is 9.76. The fourth-order valence-electron chi connectivity index (χ4n) is 21.3. The van der Waals surface area contributed by atoms with Gasteiger partial charge in [-0.25, -0.2) is 0 Å². The first-order valence-electron chi connectivity index (χ1n) is 51.0. The van der Waals surface area contributed by atoms with E-state index in [2.05, 4.69) is 343 Å². The van der Waals surface area contributed by atoms with Gasteiger partial charge in [0.15, 0.2) is 0 Å². The van der Waals surface area contributed by atoms with Crippen LogP contribution in [0.25, 0.3) is 64.6 Å². The molecule has 0 radical (unpaired) electrons. The maximum atomic E-state index is 12.4. The van der Waals surface area contributed by atoms with Gasteiger partial charge in [0.25, 0.3) is 0 Å². The molecule has 1 fully saturated rings. The van der Waals surface area contributed by atoms with Crippen LogP contribution in [0.3, 0.4) is 0 Å². The third-order valence-electron chi connectivity index (χ3n) is 29.0. The van der Waals surface area contributed by atoms with E-state index in [-0.39, 0.29) is 82.4 Å². The summed E-state index contributed by atoms with van der Waals surface area (Å²) in [5.41, 5.74) is 14.9. The zero-order valence-electron chi connectivity index (χ0n) is 83.9. The van der Waals surface area contributed by atoms with E-state index in [0.717, 1.165) is 122 Å². The van der Waals surface area contributed by atoms with E-state index in [0.29, 0.717) is 17.2 Å². The Labute approximate surface area is 894 Å². The van der Waals surface area contributed by atoms with Gasteiger partial charge in [0.2, 0.25) is 0 Å². The van der Waals surface area contributed by atoms with E-state index in [1.54, 1.807) is 25.3 Å². The summed E-state index contributed by atoms with van der Waals surface area (Å²) in [5.74, 6) is 2.00. The van der Waals surface area contributed by atoms with Crippen molar-refractivity contribution in [2.75, 3.05) is 27.2 Å². The summed E-state index contributed by atoms with van der Waals surface area (Å²) in [5, 5.41) is 81.1. The van der Waals surface area contributed by atoms with Gasteiger partial charge in [-0.1, -0.05) is 494 Å². The normalized spacial score (nSPS) is 13.7. The number of aromatic hydroxyl groups is 4. The number of hydrogen-bond donors (Lipinski definition) is 8. The molecule has 8 N–H and O–H groups in total. The molecule has 9 atom stereocenters. The number of aliphatic hydroxyl groups is 1. The molecule has 11 nitrogen and oxygen atoms in total. The van der Waals surface area contributed by atoms with E-state index >= 15 is 0 Å². The van der Waals surface area contributed by atoms with Gasteiger partial charge in [-0.3, -0.25) is 25.8 Å². The predicted octanol–water partition coefficient (Wildman–Crippen LogP) is 34.4. The van der Waals surface area contributed by atoms with Gasteiger partial charge in [0.05, 0.1) is 37.3 Å². The standard InChI is InChI=1S/C30H27NO.C29H24BrNO.C26H25NO2.C25H27NO.C25H23NO.3CH4/c1-21(22-11-4-3-5-12-22)31(2)30(27-18-10-15-23-13-6-8-16-25(23)27)29-26-17-9-7-14-24(26)19-20-28(29)32;1-19(20-8-3-2-4-9-20)31-29(26-13-7-11-21-10-5-6-12-24(21)26)28-25-16-15-23(30)18-22(25)14-17-27(28)32;1-18(19-10-4-3-5-11-19)27-26(22-14-8-9-15-24(22)29-2)25-21-13-7-6-12-20(21)16-17-23(25)28;27-25(22-15-7-2-8-16-22,23-17-9-3-10-18-23)24(21-13-5-1-6-14-21)26-19-11-4-12-20-26;1-18(19-10-4-2-5-11-19)26-25(21-13-6-3-7-14-21)24-22-15-9-8-12-20(22)16-17-23(24)27;;;/h3-21,30,32H,1-2H3;2-19,29,31-32H,1H3;3-18,26-28H,1-2H3;1-3,5-10,13-18,24,27H,4,11-12,19-20H2;2-18,25-27H,1H3;3*1H4/t21-,30?;19-,29?;18-,26?;24-;18-,25?;;;/m00000.../s1. The number of methoxy groups -OCH3 is 1. The summed E-state index contributed by atoms with van der Waals surface area (Å²) in [7, 11) is 3.84. The molecule has 21 aromatic carbocycles. The molecule has 0 aliphatic carbocycles. The highest BCUT2D eigenvalue weighted by atomic mass is 79.9. The Morgan fingerprint density at radius 3 is 1.02 bits per heavy atom. The summed E-state index contributed by atoms with van der Waals surface area (Å²) < 4.78 is 6.69. The first-order chi connectivity index (χ1) is 72.0. The summed E-state index contributed by atoms with van der Waals surface area (Å²) in [6.45, 7) is 10.7. The fraction of sp³-hybridized carbons (Fsp3) is 0.174. The van der Waals surface area contributed by atoms with E-state index in [1.807, 2.05) is 206 Å². The third-order valence-corrected chi connectivity index (χ3v) is 29.5. The number of nitrogens with one attached hydrogen (secondary N) is 3. The summed E-state index contributed by atoms with van der Waals surface area (Å²) in [6.07, 6.45) is 3.64. The number of fused-ring (bicyclic) bond motifs is 6. The Morgan fingerprint density at radius 2 is 0.587 bits per heavy atom. The molecule has 0 saturated carbocycles. The number of phenols is 4. The lowest BCUT2D eigenvalue weighted by molar-refractivity contribution is -0.0299. The van der Waals surface area contributed by atoms with Crippen molar-refractivity contribution < 1.29 is 30.3 Å². The molecule has 1 aliphatic heterocycles. The zero-order valence-corrected chi connectivity index (χ0v) is 85.5. The third kappa shape index (κ3) is 24.8. The second-order valence-electron chi connectivity index (χ2n) is 38.1. The van der Waals surface area contributed by atoms with Gasteiger partial charge < -0.3 is 30.3 Å². The molecule has 150 heavy (non-hydrogen) atoms. The minimum absolute atomic E-state index is 0. The number of ether oxygens (including phenoxy) is 1. The van der Waals surface area contributed by atoms with Crippen molar-refractivity contribution in [3.8, 4) is 28.7 Å². The van der Waals surface area contributed by atoms with Crippen molar-refractivity contribution in [2.24, 2.45) is 0 Å². The molecule has 0 spiro atoms. The smallest absolute Gasteiger partial charge is 0.134 e. The number of benzene rings is 21. The molecule has 0 amide bonds. The fourth-order valence-corrected chi connectivity index (χ4v) is 21.7. The van der Waals surface area contributed by atoms with Crippen LogP contribution in [-0.4, -0.2) is 62.6 Å². The van der Waals surface area contributed by atoms with Crippen LogP contribution >= 0.6 is 15.9 Å². The highest BCUT2D eigenvalue weighted by Crippen LogP contribution is 2.50. The van der Waals surface area contributed by atoms with Crippen LogP contribution in [-0.2, 0) is 5.60 Å². The number of piperidine rings is 1. The molecule has 0 aromatic heterocycles. The zero-order chi connectivity index (χ0) is 102. The summed E-state index contributed by atoms with van der Waals surface area (Å²) in [6, 6.07) is 166. The number of rotatable bonds is 26. The monoisotopic (exact) mass is 2040 g/mol. The number of halogens is 1. The van der Waals surface area contributed by atoms with E-state index in [4.69, 9.17) is 4.74 Å². The Kier molecular flexibility index (Phi) is 37.5. The molecule has 12 heteroatoms. The summed E-state index contributed by atoms with van der Waals surface area (Å²) >= 11 is 3.58. The largest absolute Gasteiger partial charge is 0.508 e. The molecular formula is C138H138BrN5O6. The lowest BCUT2D eigenvalue weighted by Gasteiger charge is -2.45. The SMILES string of the molecule is C.C.C.COc1ccccc1C(N[C@@H](C)c1ccccc1)c1c(O)ccc2ccccc12.C[C@@H](c1ccccc1)N(C)C(c1cccc2ccccc12)c1c(O)ccc2ccccc12.C[C@H](NC(c1cccc2ccccc12)c1c(O)ccc2cc(Br)ccc12)c1ccccc1.C[C@H](NC(c1ccccc1)c1c(O)ccc2ccccc12)c1ccccc1.OC(c1ccccc1)(c1ccccc1)[C@H](c1ccccc1)N1CCCCC1. The van der Waals surface area contributed by atoms with E-state index in [1.165, 1.54) is 68.6 Å². The molecular weight excluding hydrogens is 1900 g/mol. The van der Waals surface area contributed by atoms with Gasteiger partial charge in [-0.05, 0) is 223 Å².